The lowest BCUT2D eigenvalue weighted by atomic mass is 9.68. The zero-order chi connectivity index (χ0) is 52.3. The van der Waals surface area contributed by atoms with Crippen LogP contribution in [-0.2, 0) is 10.8 Å². The maximum absolute atomic E-state index is 11.0. The number of aromatic hydroxyl groups is 1. The number of benzene rings is 10. The molecular weight excluding hydrogens is 1200 g/mol. The Morgan fingerprint density at radius 2 is 0.707 bits per heavy atom. The summed E-state index contributed by atoms with van der Waals surface area (Å²) < 4.78 is 10.3. The molecule has 0 heterocycles. The average molecular weight is 1240 g/mol. The van der Waals surface area contributed by atoms with Crippen LogP contribution in [0.25, 0.3) is 22.3 Å². The standard InChI is InChI=1S/C32H20Br2O2.C25H16Br2O.C7H5NO3/c33-24-10-16-28-29-17-11-25(34)19-31(29)32(30(28)18-24,22-4-2-1-3-5-22)23-8-14-27(15-9-23)36-26-12-6-21(20-35)7-13-26;26-18-8-12-21-22-13-9-19(27)15-24(22)25(23(21)14-18,16-4-2-1-3-5-16)17-6-10-20(28)11-7-17;9-5-6-1-3-7(4-2-6)8(10)11/h1-20H;1-15,28H;1-5H. The number of nitro groups is 1. The lowest BCUT2D eigenvalue weighted by molar-refractivity contribution is -0.384. The van der Waals surface area contributed by atoms with Gasteiger partial charge < -0.3 is 9.84 Å². The summed E-state index contributed by atoms with van der Waals surface area (Å²) in [6.07, 6.45) is 1.47. The summed E-state index contributed by atoms with van der Waals surface area (Å²) in [6, 6.07) is 75.9. The van der Waals surface area contributed by atoms with Gasteiger partial charge in [0.15, 0.2) is 0 Å². The molecule has 10 aromatic rings. The first-order valence-corrected chi connectivity index (χ1v) is 26.8. The second kappa shape index (κ2) is 21.7. The topological polar surface area (TPSA) is 107 Å². The number of non-ortho nitro benzene ring substituents is 1. The van der Waals surface area contributed by atoms with Crippen LogP contribution in [0, 0.1) is 10.1 Å². The number of nitro benzene ring substituents is 1. The van der Waals surface area contributed by atoms with Gasteiger partial charge in [-0.25, -0.2) is 0 Å². The molecule has 0 atom stereocenters. The summed E-state index contributed by atoms with van der Waals surface area (Å²) in [7, 11) is 0. The Hall–Kier alpha value is -7.54. The monoisotopic (exact) mass is 1230 g/mol. The zero-order valence-corrected chi connectivity index (χ0v) is 45.9. The molecular formula is C64H41Br4NO6. The highest BCUT2D eigenvalue weighted by Crippen LogP contribution is 2.59. The van der Waals surface area contributed by atoms with E-state index in [0.717, 1.165) is 41.1 Å². The van der Waals surface area contributed by atoms with Gasteiger partial charge in [-0.3, -0.25) is 19.7 Å². The number of hydrogen-bond donors (Lipinski definition) is 1. The fourth-order valence-electron chi connectivity index (χ4n) is 10.4. The van der Waals surface area contributed by atoms with Gasteiger partial charge in [0.1, 0.15) is 29.8 Å². The number of phenolic OH excluding ortho intramolecular Hbond substituents is 1. The molecule has 1 N–H and O–H groups in total. The first-order chi connectivity index (χ1) is 36.4. The summed E-state index contributed by atoms with van der Waals surface area (Å²) in [6.45, 7) is 0. The van der Waals surface area contributed by atoms with Crippen LogP contribution >= 0.6 is 63.7 Å². The van der Waals surface area contributed by atoms with Gasteiger partial charge in [-0.05, 0) is 176 Å². The van der Waals surface area contributed by atoms with Crippen LogP contribution in [0.4, 0.5) is 5.69 Å². The number of carbonyl (C=O) groups is 2. The van der Waals surface area contributed by atoms with Crippen LogP contribution in [0.1, 0.15) is 65.2 Å². The summed E-state index contributed by atoms with van der Waals surface area (Å²) in [5.41, 5.74) is 14.8. The van der Waals surface area contributed by atoms with Crippen LogP contribution < -0.4 is 4.74 Å². The minimum atomic E-state index is -0.505. The van der Waals surface area contributed by atoms with Gasteiger partial charge in [0.2, 0.25) is 0 Å². The van der Waals surface area contributed by atoms with Crippen LogP contribution in [0.2, 0.25) is 0 Å². The van der Waals surface area contributed by atoms with Gasteiger partial charge in [-0.1, -0.05) is 173 Å². The number of ether oxygens (including phenoxy) is 1. The van der Waals surface area contributed by atoms with Crippen molar-refractivity contribution in [2.24, 2.45) is 0 Å². The van der Waals surface area contributed by atoms with Crippen LogP contribution in [0.15, 0.2) is 248 Å². The van der Waals surface area contributed by atoms with Crippen molar-refractivity contribution in [1.29, 1.82) is 0 Å². The van der Waals surface area contributed by atoms with E-state index >= 15 is 0 Å². The molecule has 2 aliphatic carbocycles. The van der Waals surface area contributed by atoms with E-state index in [4.69, 9.17) is 4.74 Å². The summed E-state index contributed by atoms with van der Waals surface area (Å²) in [4.78, 5) is 30.7. The van der Waals surface area contributed by atoms with E-state index in [1.807, 2.05) is 42.5 Å². The smallest absolute Gasteiger partial charge is 0.269 e. The Bertz CT molecular complexity index is 3640. The molecule has 2 aliphatic rings. The molecule has 0 saturated heterocycles. The summed E-state index contributed by atoms with van der Waals surface area (Å²) >= 11 is 14.8. The number of hydrogen-bond acceptors (Lipinski definition) is 6. The molecule has 0 aliphatic heterocycles. The Morgan fingerprint density at radius 1 is 0.400 bits per heavy atom. The Kier molecular flexibility index (Phi) is 14.8. The van der Waals surface area contributed by atoms with Crippen molar-refractivity contribution in [1.82, 2.24) is 0 Å². The largest absolute Gasteiger partial charge is 0.508 e. The summed E-state index contributed by atoms with van der Waals surface area (Å²) in [5, 5.41) is 20.0. The highest BCUT2D eigenvalue weighted by Gasteiger charge is 2.48. The van der Waals surface area contributed by atoms with E-state index in [2.05, 4.69) is 203 Å². The predicted molar refractivity (Wildman–Crippen MR) is 310 cm³/mol. The van der Waals surface area contributed by atoms with Crippen LogP contribution in [-0.4, -0.2) is 22.6 Å². The Morgan fingerprint density at radius 3 is 1.04 bits per heavy atom. The zero-order valence-electron chi connectivity index (χ0n) is 39.5. The Balaban J connectivity index is 0.000000145. The number of aldehydes is 2. The second-order valence-corrected chi connectivity index (χ2v) is 21.5. The summed E-state index contributed by atoms with van der Waals surface area (Å²) in [5.74, 6) is 1.70. The average Bonchev–Trinajstić information content (AvgIpc) is 3.90. The van der Waals surface area contributed by atoms with Gasteiger partial charge in [-0.15, -0.1) is 0 Å². The number of carbonyl (C=O) groups excluding carboxylic acids is 2. The van der Waals surface area contributed by atoms with Gasteiger partial charge in [0, 0.05) is 41.2 Å². The van der Waals surface area contributed by atoms with Crippen molar-refractivity contribution in [2.75, 3.05) is 0 Å². The van der Waals surface area contributed by atoms with E-state index in [9.17, 15) is 24.8 Å². The van der Waals surface area contributed by atoms with Crippen molar-refractivity contribution < 1.29 is 24.4 Å². The lowest BCUT2D eigenvalue weighted by Crippen LogP contribution is -2.28. The third-order valence-electron chi connectivity index (χ3n) is 13.6. The van der Waals surface area contributed by atoms with Crippen molar-refractivity contribution in [3.8, 4) is 39.5 Å². The van der Waals surface area contributed by atoms with E-state index in [0.29, 0.717) is 23.2 Å². The maximum Gasteiger partial charge on any atom is 0.269 e. The predicted octanol–water partition coefficient (Wildman–Crippen LogP) is 17.9. The van der Waals surface area contributed by atoms with Crippen molar-refractivity contribution in [3.05, 3.63) is 314 Å². The lowest BCUT2D eigenvalue weighted by Gasteiger charge is -2.34. The molecule has 7 nitrogen and oxygen atoms in total. The number of rotatable bonds is 9. The normalized spacial score (nSPS) is 12.7. The van der Waals surface area contributed by atoms with E-state index in [1.165, 1.54) is 79.9 Å². The SMILES string of the molecule is O=Cc1ccc(Oc2ccc(C3(c4ccccc4)c4cc(Br)ccc4-c4ccc(Br)cc43)cc2)cc1.O=Cc1ccc([N+](=O)[O-])cc1.Oc1ccc(C2(c3ccccc3)c3cc(Br)ccc3-c3ccc(Br)cc32)cc1. The molecule has 12 rings (SSSR count). The molecule has 0 radical (unpaired) electrons. The molecule has 0 saturated carbocycles. The highest BCUT2D eigenvalue weighted by molar-refractivity contribution is 9.11. The van der Waals surface area contributed by atoms with E-state index in [1.54, 1.807) is 24.3 Å². The highest BCUT2D eigenvalue weighted by atomic mass is 79.9. The molecule has 0 unspecified atom stereocenters. The minimum Gasteiger partial charge on any atom is -0.508 e. The molecule has 0 aromatic heterocycles. The Labute approximate surface area is 467 Å². The van der Waals surface area contributed by atoms with E-state index in [-0.39, 0.29) is 11.4 Å². The van der Waals surface area contributed by atoms with Crippen molar-refractivity contribution >= 4 is 82.0 Å². The molecule has 0 fully saturated rings. The number of fused-ring (bicyclic) bond motifs is 6. The number of phenols is 1. The van der Waals surface area contributed by atoms with Crippen molar-refractivity contribution in [2.45, 2.75) is 10.8 Å². The second-order valence-electron chi connectivity index (χ2n) is 17.8. The molecule has 0 spiro atoms. The van der Waals surface area contributed by atoms with Gasteiger partial charge in [0.05, 0.1) is 15.8 Å². The van der Waals surface area contributed by atoms with Crippen LogP contribution in [0.5, 0.6) is 17.2 Å². The molecule has 75 heavy (non-hydrogen) atoms. The number of halogens is 4. The third kappa shape index (κ3) is 9.73. The minimum absolute atomic E-state index is 0.00407. The molecule has 366 valence electrons. The first kappa shape index (κ1) is 51.0. The van der Waals surface area contributed by atoms with Gasteiger partial charge >= 0.3 is 0 Å². The van der Waals surface area contributed by atoms with Gasteiger partial charge in [-0.2, -0.15) is 0 Å². The molecule has 0 bridgehead atoms. The maximum atomic E-state index is 11.0. The quantitative estimate of drug-likeness (QED) is 0.0876. The molecule has 11 heteroatoms. The fourth-order valence-corrected chi connectivity index (χ4v) is 11.8. The molecule has 0 amide bonds. The van der Waals surface area contributed by atoms with E-state index < -0.39 is 15.8 Å². The van der Waals surface area contributed by atoms with Crippen molar-refractivity contribution in [3.63, 3.8) is 0 Å². The first-order valence-electron chi connectivity index (χ1n) is 23.6. The van der Waals surface area contributed by atoms with Crippen LogP contribution in [0.3, 0.4) is 0 Å². The van der Waals surface area contributed by atoms with Gasteiger partial charge in [0.25, 0.3) is 5.69 Å². The number of nitrogens with zero attached hydrogens (tertiary/aromatic N) is 1. The third-order valence-corrected chi connectivity index (χ3v) is 15.6. The fraction of sp³-hybridized carbons (Fsp3) is 0.0312. The molecule has 10 aromatic carbocycles.